The van der Waals surface area contributed by atoms with Gasteiger partial charge in [0, 0.05) is 45.8 Å². The second kappa shape index (κ2) is 13.0. The van der Waals surface area contributed by atoms with Gasteiger partial charge in [-0.25, -0.2) is 0 Å². The van der Waals surface area contributed by atoms with Crippen LogP contribution in [0.25, 0.3) is 128 Å². The Morgan fingerprint density at radius 2 is 0.905 bits per heavy atom. The SMILES string of the molecule is CC1(C)c2ccc(-c3ccc4c(c3)sc3ccc5c(sc6ccc7ccccc7c65)c34)cc2-c2ccc(-c3c4ccccc4c(-c4cccc5ccccc45)c4ccccc34)cc21. The van der Waals surface area contributed by atoms with Crippen molar-refractivity contribution in [3.8, 4) is 44.5 Å². The lowest BCUT2D eigenvalue weighted by Gasteiger charge is -2.23. The second-order valence-electron chi connectivity index (χ2n) is 17.9. The molecule has 0 bridgehead atoms. The summed E-state index contributed by atoms with van der Waals surface area (Å²) in [6.45, 7) is 4.81. The van der Waals surface area contributed by atoms with Crippen LogP contribution in [0, 0.1) is 0 Å². The molecule has 0 radical (unpaired) electrons. The average Bonchev–Trinajstić information content (AvgIpc) is 3.97. The smallest absolute Gasteiger partial charge is 0.0448 e. The maximum absolute atomic E-state index is 2.50. The van der Waals surface area contributed by atoms with Crippen molar-refractivity contribution >= 4 is 106 Å². The van der Waals surface area contributed by atoms with E-state index in [1.165, 1.54) is 139 Å². The third kappa shape index (κ3) is 4.97. The van der Waals surface area contributed by atoms with Crippen LogP contribution in [0.3, 0.4) is 0 Å². The van der Waals surface area contributed by atoms with Gasteiger partial charge in [0.05, 0.1) is 0 Å². The van der Waals surface area contributed by atoms with Crippen molar-refractivity contribution < 1.29 is 0 Å². The molecular weight excluding hydrogens is 797 g/mol. The molecule has 13 aromatic rings. The zero-order valence-corrected chi connectivity index (χ0v) is 36.4. The maximum atomic E-state index is 2.50. The first-order chi connectivity index (χ1) is 31.0. The van der Waals surface area contributed by atoms with E-state index >= 15 is 0 Å². The standard InChI is InChI=1S/C61H38S2/c1-61(2)51-29-24-37(38-22-27-48-55(34-38)62-54-31-28-49-58-41-16-6-4-13-36(41)25-30-53(58)63-60(49)59(48)54)32-50(51)42-26-23-39(33-52(42)61)56-44-17-7-9-19-46(44)57(47-20-10-8-18-45(47)56)43-21-11-14-35-12-3-5-15-40(35)43/h3-34H,1-2H3. The Labute approximate surface area is 372 Å². The lowest BCUT2D eigenvalue weighted by atomic mass is 9.80. The molecule has 11 aromatic carbocycles. The summed E-state index contributed by atoms with van der Waals surface area (Å²) in [4.78, 5) is 0. The Bertz CT molecular complexity index is 4060. The van der Waals surface area contributed by atoms with E-state index in [0.29, 0.717) is 0 Å². The number of rotatable bonds is 3. The third-order valence-corrected chi connectivity index (χ3v) is 16.6. The molecule has 0 amide bonds. The lowest BCUT2D eigenvalue weighted by molar-refractivity contribution is 0.660. The zero-order chi connectivity index (χ0) is 41.6. The summed E-state index contributed by atoms with van der Waals surface area (Å²) in [5.41, 5.74) is 13.0. The van der Waals surface area contributed by atoms with Crippen LogP contribution in [0.15, 0.2) is 194 Å². The monoisotopic (exact) mass is 834 g/mol. The van der Waals surface area contributed by atoms with Crippen LogP contribution >= 0.6 is 22.7 Å². The van der Waals surface area contributed by atoms with Gasteiger partial charge in [-0.15, -0.1) is 22.7 Å². The molecule has 14 rings (SSSR count). The average molecular weight is 835 g/mol. The molecule has 1 aliphatic rings. The third-order valence-electron chi connectivity index (χ3n) is 14.3. The van der Waals surface area contributed by atoms with Crippen LogP contribution in [0.5, 0.6) is 0 Å². The highest BCUT2D eigenvalue weighted by atomic mass is 32.1. The fourth-order valence-electron chi connectivity index (χ4n) is 11.3. The van der Waals surface area contributed by atoms with Gasteiger partial charge in [0.25, 0.3) is 0 Å². The summed E-state index contributed by atoms with van der Waals surface area (Å²) in [6.07, 6.45) is 0. The van der Waals surface area contributed by atoms with Crippen molar-refractivity contribution in [2.75, 3.05) is 0 Å². The van der Waals surface area contributed by atoms with Gasteiger partial charge >= 0.3 is 0 Å². The van der Waals surface area contributed by atoms with Gasteiger partial charge in [0.1, 0.15) is 0 Å². The van der Waals surface area contributed by atoms with Gasteiger partial charge in [0.2, 0.25) is 0 Å². The fraction of sp³-hybridized carbons (Fsp3) is 0.0492. The van der Waals surface area contributed by atoms with Gasteiger partial charge in [-0.3, -0.25) is 0 Å². The number of hydrogen-bond donors (Lipinski definition) is 0. The van der Waals surface area contributed by atoms with Crippen LogP contribution in [0.2, 0.25) is 0 Å². The Morgan fingerprint density at radius 1 is 0.317 bits per heavy atom. The molecule has 0 spiro atoms. The van der Waals surface area contributed by atoms with Crippen LogP contribution < -0.4 is 0 Å². The van der Waals surface area contributed by atoms with E-state index in [4.69, 9.17) is 0 Å². The van der Waals surface area contributed by atoms with Gasteiger partial charge < -0.3 is 0 Å². The summed E-state index contributed by atoms with van der Waals surface area (Å²) >= 11 is 3.86. The van der Waals surface area contributed by atoms with E-state index in [9.17, 15) is 0 Å². The van der Waals surface area contributed by atoms with Gasteiger partial charge in [-0.05, 0) is 129 Å². The number of hydrogen-bond acceptors (Lipinski definition) is 2. The predicted octanol–water partition coefficient (Wildman–Crippen LogP) is 18.3. The van der Waals surface area contributed by atoms with Crippen LogP contribution in [0.1, 0.15) is 25.0 Å². The first kappa shape index (κ1) is 35.5. The minimum Gasteiger partial charge on any atom is -0.135 e. The Balaban J connectivity index is 0.899. The summed E-state index contributed by atoms with van der Waals surface area (Å²) < 4.78 is 5.45. The molecule has 0 saturated carbocycles. The number of fused-ring (bicyclic) bond motifs is 15. The number of thiophene rings is 2. The van der Waals surface area contributed by atoms with E-state index < -0.39 is 0 Å². The van der Waals surface area contributed by atoms with Crippen molar-refractivity contribution in [1.29, 1.82) is 0 Å². The van der Waals surface area contributed by atoms with Crippen molar-refractivity contribution in [2.45, 2.75) is 19.3 Å². The molecule has 2 heteroatoms. The van der Waals surface area contributed by atoms with Crippen LogP contribution in [-0.2, 0) is 5.41 Å². The van der Waals surface area contributed by atoms with E-state index in [0.717, 1.165) is 0 Å². The molecule has 2 aromatic heterocycles. The summed E-state index contributed by atoms with van der Waals surface area (Å²) in [5, 5.41) is 15.8. The molecule has 294 valence electrons. The first-order valence-corrected chi connectivity index (χ1v) is 23.5. The molecule has 0 unspecified atom stereocenters. The van der Waals surface area contributed by atoms with E-state index in [-0.39, 0.29) is 5.41 Å². The minimum atomic E-state index is -0.149. The molecule has 2 heterocycles. The quantitative estimate of drug-likeness (QED) is 0.156. The predicted molar refractivity (Wildman–Crippen MR) is 276 cm³/mol. The zero-order valence-electron chi connectivity index (χ0n) is 34.8. The fourth-order valence-corrected chi connectivity index (χ4v) is 13.8. The highest BCUT2D eigenvalue weighted by molar-refractivity contribution is 7.30. The van der Waals surface area contributed by atoms with Crippen molar-refractivity contribution in [3.63, 3.8) is 0 Å². The Morgan fingerprint density at radius 3 is 1.68 bits per heavy atom. The summed E-state index contributed by atoms with van der Waals surface area (Å²) in [5.74, 6) is 0. The molecule has 0 aliphatic heterocycles. The first-order valence-electron chi connectivity index (χ1n) is 21.9. The normalized spacial score (nSPS) is 13.4. The highest BCUT2D eigenvalue weighted by Crippen LogP contribution is 2.53. The Kier molecular flexibility index (Phi) is 7.31. The molecule has 0 fully saturated rings. The highest BCUT2D eigenvalue weighted by Gasteiger charge is 2.36. The largest absolute Gasteiger partial charge is 0.135 e. The molecule has 0 nitrogen and oxygen atoms in total. The van der Waals surface area contributed by atoms with Crippen molar-refractivity contribution in [1.82, 2.24) is 0 Å². The van der Waals surface area contributed by atoms with E-state index in [2.05, 4.69) is 208 Å². The van der Waals surface area contributed by atoms with Crippen molar-refractivity contribution in [3.05, 3.63) is 205 Å². The lowest BCUT2D eigenvalue weighted by Crippen LogP contribution is -2.15. The maximum Gasteiger partial charge on any atom is 0.0448 e. The van der Waals surface area contributed by atoms with Gasteiger partial charge in [-0.1, -0.05) is 178 Å². The van der Waals surface area contributed by atoms with Crippen molar-refractivity contribution in [2.24, 2.45) is 0 Å². The second-order valence-corrected chi connectivity index (χ2v) is 20.0. The molecular formula is C61H38S2. The van der Waals surface area contributed by atoms with Crippen LogP contribution in [0.4, 0.5) is 0 Å². The molecule has 0 atom stereocenters. The minimum absolute atomic E-state index is 0.149. The van der Waals surface area contributed by atoms with Gasteiger partial charge in [0.15, 0.2) is 0 Å². The molecule has 63 heavy (non-hydrogen) atoms. The molecule has 0 N–H and O–H groups in total. The van der Waals surface area contributed by atoms with Crippen LogP contribution in [-0.4, -0.2) is 0 Å². The topological polar surface area (TPSA) is 0 Å². The number of benzene rings is 11. The summed E-state index contributed by atoms with van der Waals surface area (Å²) in [7, 11) is 0. The molecule has 0 saturated heterocycles. The molecule has 1 aliphatic carbocycles. The van der Waals surface area contributed by atoms with E-state index in [1.54, 1.807) is 0 Å². The Hall–Kier alpha value is -7.10. The van der Waals surface area contributed by atoms with E-state index in [1.807, 2.05) is 22.7 Å². The van der Waals surface area contributed by atoms with Gasteiger partial charge in [-0.2, -0.15) is 0 Å². The summed E-state index contributed by atoms with van der Waals surface area (Å²) in [6, 6.07) is 73.3.